The van der Waals surface area contributed by atoms with Gasteiger partial charge in [0.05, 0.1) is 5.39 Å². The molecule has 0 amide bonds. The summed E-state index contributed by atoms with van der Waals surface area (Å²) in [4.78, 5) is 26.2. The highest BCUT2D eigenvalue weighted by Gasteiger charge is 2.21. The van der Waals surface area contributed by atoms with Crippen LogP contribution in [0.2, 0.25) is 5.02 Å². The first-order valence-corrected chi connectivity index (χ1v) is 11.5. The van der Waals surface area contributed by atoms with Crippen molar-refractivity contribution in [3.8, 4) is 17.1 Å². The number of hydrogen-bond acceptors (Lipinski definition) is 4. The Morgan fingerprint density at radius 1 is 0.941 bits per heavy atom. The highest BCUT2D eigenvalue weighted by atomic mass is 35.5. The first-order chi connectivity index (χ1) is 16.0. The first kappa shape index (κ1) is 23.8. The fourth-order valence-corrected chi connectivity index (χ4v) is 3.90. The van der Waals surface area contributed by atoms with Crippen LogP contribution in [0.4, 0.5) is 0 Å². The van der Waals surface area contributed by atoms with Gasteiger partial charge in [-0.05, 0) is 60.2 Å². The molecular weight excluding hydrogens is 448 g/mol. The summed E-state index contributed by atoms with van der Waals surface area (Å²) in [6.07, 6.45) is 0. The third kappa shape index (κ3) is 4.78. The van der Waals surface area contributed by atoms with Crippen molar-refractivity contribution in [3.05, 3.63) is 98.2 Å². The average Bonchev–Trinajstić information content (AvgIpc) is 2.80. The van der Waals surface area contributed by atoms with E-state index in [2.05, 4.69) is 20.8 Å². The lowest BCUT2D eigenvalue weighted by Crippen LogP contribution is -2.17. The Kier molecular flexibility index (Phi) is 6.37. The number of aryl methyl sites for hydroxylation is 2. The van der Waals surface area contributed by atoms with E-state index in [0.29, 0.717) is 27.1 Å². The summed E-state index contributed by atoms with van der Waals surface area (Å²) in [5.41, 5.74) is 4.51. The third-order valence-corrected chi connectivity index (χ3v) is 6.24. The van der Waals surface area contributed by atoms with Gasteiger partial charge in [0, 0.05) is 16.1 Å². The first-order valence-electron chi connectivity index (χ1n) is 11.1. The van der Waals surface area contributed by atoms with Crippen molar-refractivity contribution >= 4 is 28.4 Å². The van der Waals surface area contributed by atoms with Crippen molar-refractivity contribution in [2.75, 3.05) is 6.61 Å². The molecule has 0 aliphatic carbocycles. The number of carbonyl (C=O) groups excluding carboxylic acids is 1. The Morgan fingerprint density at radius 3 is 2.29 bits per heavy atom. The Hall–Kier alpha value is -3.37. The number of rotatable bonds is 5. The minimum atomic E-state index is -0.369. The molecule has 0 saturated heterocycles. The van der Waals surface area contributed by atoms with Crippen molar-refractivity contribution in [2.45, 2.75) is 40.0 Å². The summed E-state index contributed by atoms with van der Waals surface area (Å²) in [6.45, 7) is 10.1. The third-order valence-electron chi connectivity index (χ3n) is 6.00. The second-order valence-electron chi connectivity index (χ2n) is 9.57. The molecule has 4 aromatic rings. The molecule has 5 heteroatoms. The summed E-state index contributed by atoms with van der Waals surface area (Å²) < 4.78 is 12.0. The number of ketones is 1. The van der Waals surface area contributed by atoms with E-state index in [-0.39, 0.29) is 34.7 Å². The zero-order valence-electron chi connectivity index (χ0n) is 20.0. The highest BCUT2D eigenvalue weighted by molar-refractivity contribution is 6.31. The quantitative estimate of drug-likeness (QED) is 0.285. The highest BCUT2D eigenvalue weighted by Crippen LogP contribution is 2.33. The van der Waals surface area contributed by atoms with Gasteiger partial charge in [0.1, 0.15) is 5.58 Å². The van der Waals surface area contributed by atoms with Gasteiger partial charge in [-0.2, -0.15) is 0 Å². The molecule has 0 fully saturated rings. The van der Waals surface area contributed by atoms with Gasteiger partial charge >= 0.3 is 0 Å². The zero-order chi connectivity index (χ0) is 24.6. The molecule has 0 aliphatic heterocycles. The van der Waals surface area contributed by atoms with Crippen molar-refractivity contribution in [1.29, 1.82) is 0 Å². The topological polar surface area (TPSA) is 56.5 Å². The monoisotopic (exact) mass is 474 g/mol. The number of benzene rings is 3. The Bertz CT molecular complexity index is 1440. The molecule has 1 aromatic heterocycles. The van der Waals surface area contributed by atoms with Crippen LogP contribution in [0.15, 0.2) is 69.9 Å². The molecule has 0 saturated carbocycles. The maximum Gasteiger partial charge on any atom is 0.235 e. The summed E-state index contributed by atoms with van der Waals surface area (Å²) in [7, 11) is 0. The summed E-state index contributed by atoms with van der Waals surface area (Å²) in [5, 5.41) is 0.718. The lowest BCUT2D eigenvalue weighted by molar-refractivity contribution is 0.0920. The average molecular weight is 475 g/mol. The molecule has 4 nitrogen and oxygen atoms in total. The zero-order valence-corrected chi connectivity index (χ0v) is 20.7. The maximum atomic E-state index is 13.4. The van der Waals surface area contributed by atoms with Gasteiger partial charge in [0.25, 0.3) is 0 Å². The lowest BCUT2D eigenvalue weighted by Gasteiger charge is -2.19. The van der Waals surface area contributed by atoms with Crippen LogP contribution >= 0.6 is 11.6 Å². The molecular formula is C29H27ClO4. The van der Waals surface area contributed by atoms with Crippen LogP contribution in [-0.2, 0) is 5.41 Å². The number of Topliss-reactive ketones (excluding diaryl/α,β-unsaturated/α-hetero) is 1. The van der Waals surface area contributed by atoms with E-state index in [0.717, 1.165) is 16.7 Å². The summed E-state index contributed by atoms with van der Waals surface area (Å²) >= 11 is 6.12. The van der Waals surface area contributed by atoms with Crippen LogP contribution in [0.5, 0.6) is 5.75 Å². The molecule has 4 rings (SSSR count). The molecule has 174 valence electrons. The molecule has 1 heterocycles. The molecule has 0 N–H and O–H groups in total. The van der Waals surface area contributed by atoms with Crippen LogP contribution in [0.25, 0.3) is 22.3 Å². The number of hydrogen-bond donors (Lipinski definition) is 0. The van der Waals surface area contributed by atoms with E-state index in [1.807, 2.05) is 50.2 Å². The SMILES string of the molecule is Cc1ccc(C(=O)COc2c(-c3ccc(C(C)(C)C)cc3)oc3ccc(Cl)cc3c2=O)cc1C. The lowest BCUT2D eigenvalue weighted by atomic mass is 9.86. The van der Waals surface area contributed by atoms with Crippen LogP contribution in [0.1, 0.15) is 47.8 Å². The van der Waals surface area contributed by atoms with Gasteiger partial charge in [-0.15, -0.1) is 0 Å². The van der Waals surface area contributed by atoms with Crippen molar-refractivity contribution in [3.63, 3.8) is 0 Å². The molecule has 0 radical (unpaired) electrons. The molecule has 0 atom stereocenters. The molecule has 0 aliphatic rings. The summed E-state index contributed by atoms with van der Waals surface area (Å²) in [6, 6.07) is 18.2. The minimum Gasteiger partial charge on any atom is -0.478 e. The van der Waals surface area contributed by atoms with Crippen LogP contribution < -0.4 is 10.2 Å². The van der Waals surface area contributed by atoms with E-state index in [4.69, 9.17) is 20.8 Å². The predicted molar refractivity (Wildman–Crippen MR) is 137 cm³/mol. The van der Waals surface area contributed by atoms with Gasteiger partial charge in [-0.25, -0.2) is 0 Å². The number of fused-ring (bicyclic) bond motifs is 1. The van der Waals surface area contributed by atoms with Gasteiger partial charge in [0.2, 0.25) is 11.2 Å². The van der Waals surface area contributed by atoms with Crippen molar-refractivity contribution < 1.29 is 13.9 Å². The molecule has 0 unspecified atom stereocenters. The van der Waals surface area contributed by atoms with Gasteiger partial charge in [-0.3, -0.25) is 9.59 Å². The standard InChI is InChI=1S/C29H27ClO4/c1-17-6-7-20(14-18(17)2)24(31)16-33-28-26(32)23-15-22(30)12-13-25(23)34-27(28)19-8-10-21(11-9-19)29(3,4)5/h6-15H,16H2,1-5H3. The van der Waals surface area contributed by atoms with Gasteiger partial charge in [0.15, 0.2) is 18.2 Å². The predicted octanol–water partition coefficient (Wildman–Crippen LogP) is 7.29. The summed E-state index contributed by atoms with van der Waals surface area (Å²) in [5.74, 6) is 0.0614. The van der Waals surface area contributed by atoms with Crippen molar-refractivity contribution in [2.24, 2.45) is 0 Å². The van der Waals surface area contributed by atoms with Crippen LogP contribution in [0, 0.1) is 13.8 Å². The van der Waals surface area contributed by atoms with E-state index >= 15 is 0 Å². The normalized spacial score (nSPS) is 11.6. The largest absolute Gasteiger partial charge is 0.478 e. The number of halogens is 1. The smallest absolute Gasteiger partial charge is 0.235 e. The second kappa shape index (κ2) is 9.11. The van der Waals surface area contributed by atoms with E-state index in [1.54, 1.807) is 24.3 Å². The van der Waals surface area contributed by atoms with Crippen LogP contribution in [0.3, 0.4) is 0 Å². The fraction of sp³-hybridized carbons (Fsp3) is 0.241. The fourth-order valence-electron chi connectivity index (χ4n) is 3.73. The van der Waals surface area contributed by atoms with Gasteiger partial charge < -0.3 is 9.15 Å². The number of carbonyl (C=O) groups is 1. The van der Waals surface area contributed by atoms with Gasteiger partial charge in [-0.1, -0.05) is 68.8 Å². The van der Waals surface area contributed by atoms with E-state index in [1.165, 1.54) is 0 Å². The second-order valence-corrected chi connectivity index (χ2v) is 10.0. The molecule has 3 aromatic carbocycles. The van der Waals surface area contributed by atoms with E-state index < -0.39 is 0 Å². The molecule has 34 heavy (non-hydrogen) atoms. The Labute approximate surface area is 204 Å². The Morgan fingerprint density at radius 2 is 1.65 bits per heavy atom. The molecule has 0 spiro atoms. The number of ether oxygens (including phenoxy) is 1. The molecule has 0 bridgehead atoms. The maximum absolute atomic E-state index is 13.4. The minimum absolute atomic E-state index is 0.00420. The van der Waals surface area contributed by atoms with Crippen molar-refractivity contribution in [1.82, 2.24) is 0 Å². The van der Waals surface area contributed by atoms with Crippen LogP contribution in [-0.4, -0.2) is 12.4 Å². The van der Waals surface area contributed by atoms with E-state index in [9.17, 15) is 9.59 Å². The Balaban J connectivity index is 1.77.